The quantitative estimate of drug-likeness (QED) is 0.897. The maximum atomic E-state index is 10.8. The van der Waals surface area contributed by atoms with Gasteiger partial charge in [-0.25, -0.2) is 9.78 Å². The second kappa shape index (κ2) is 5.98. The molecule has 0 aliphatic heterocycles. The Morgan fingerprint density at radius 2 is 2.05 bits per heavy atom. The first-order valence-corrected chi connectivity index (χ1v) is 6.26. The normalized spacial score (nSPS) is 10.2. The third-order valence-electron chi connectivity index (χ3n) is 2.51. The molecule has 0 saturated carbocycles. The van der Waals surface area contributed by atoms with Crippen molar-refractivity contribution in [1.29, 1.82) is 0 Å². The molecule has 1 aromatic heterocycles. The number of benzene rings is 1. The highest BCUT2D eigenvalue weighted by molar-refractivity contribution is 6.34. The average Bonchev–Trinajstić information content (AvgIpc) is 2.43. The number of hydrogen-bond donors (Lipinski definition) is 2. The average molecular weight is 313 g/mol. The standard InChI is InChI=1S/C13H10Cl2N2O3/c1-20-8-2-3-9(14)11(5-8)17-12-10(15)4-7(6-16-12)13(18)19/h2-6H,1H3,(H,16,17)(H,18,19). The van der Waals surface area contributed by atoms with Crippen molar-refractivity contribution >= 4 is 40.7 Å². The zero-order chi connectivity index (χ0) is 14.7. The number of ether oxygens (including phenoxy) is 1. The molecule has 0 atom stereocenters. The van der Waals surface area contributed by atoms with Crippen molar-refractivity contribution in [2.75, 3.05) is 12.4 Å². The van der Waals surface area contributed by atoms with Crippen molar-refractivity contribution in [1.82, 2.24) is 4.98 Å². The summed E-state index contributed by atoms with van der Waals surface area (Å²) in [6.07, 6.45) is 1.21. The van der Waals surface area contributed by atoms with Gasteiger partial charge in [0.1, 0.15) is 11.6 Å². The number of pyridine rings is 1. The van der Waals surface area contributed by atoms with Gasteiger partial charge in [-0.3, -0.25) is 0 Å². The van der Waals surface area contributed by atoms with Crippen LogP contribution in [0.15, 0.2) is 30.5 Å². The van der Waals surface area contributed by atoms with Crippen molar-refractivity contribution < 1.29 is 14.6 Å². The first-order valence-electron chi connectivity index (χ1n) is 5.50. The van der Waals surface area contributed by atoms with Gasteiger partial charge >= 0.3 is 5.97 Å². The molecule has 7 heteroatoms. The predicted molar refractivity (Wildman–Crippen MR) is 77.5 cm³/mol. The number of methoxy groups -OCH3 is 1. The van der Waals surface area contributed by atoms with E-state index in [0.29, 0.717) is 22.3 Å². The summed E-state index contributed by atoms with van der Waals surface area (Å²) >= 11 is 12.0. The predicted octanol–water partition coefficient (Wildman–Crippen LogP) is 3.84. The third kappa shape index (κ3) is 3.12. The van der Waals surface area contributed by atoms with E-state index in [1.54, 1.807) is 25.3 Å². The lowest BCUT2D eigenvalue weighted by Gasteiger charge is -2.11. The van der Waals surface area contributed by atoms with Gasteiger partial charge in [0, 0.05) is 12.3 Å². The summed E-state index contributed by atoms with van der Waals surface area (Å²) in [5, 5.41) is 12.4. The topological polar surface area (TPSA) is 71.5 Å². The number of carboxylic acids is 1. The second-order valence-corrected chi connectivity index (χ2v) is 4.64. The van der Waals surface area contributed by atoms with Crippen LogP contribution in [0.4, 0.5) is 11.5 Å². The second-order valence-electron chi connectivity index (χ2n) is 3.83. The van der Waals surface area contributed by atoms with E-state index in [9.17, 15) is 4.79 Å². The van der Waals surface area contributed by atoms with Crippen molar-refractivity contribution in [3.8, 4) is 5.75 Å². The van der Waals surface area contributed by atoms with Gasteiger partial charge in [-0.2, -0.15) is 0 Å². The lowest BCUT2D eigenvalue weighted by atomic mass is 10.2. The number of nitrogens with zero attached hydrogens (tertiary/aromatic N) is 1. The molecule has 0 saturated heterocycles. The summed E-state index contributed by atoms with van der Waals surface area (Å²) in [6.45, 7) is 0. The van der Waals surface area contributed by atoms with Crippen molar-refractivity contribution in [3.05, 3.63) is 46.1 Å². The Balaban J connectivity index is 2.32. The van der Waals surface area contributed by atoms with E-state index in [4.69, 9.17) is 33.0 Å². The summed E-state index contributed by atoms with van der Waals surface area (Å²) in [7, 11) is 1.54. The molecule has 0 radical (unpaired) electrons. The lowest BCUT2D eigenvalue weighted by molar-refractivity contribution is 0.0696. The van der Waals surface area contributed by atoms with Crippen LogP contribution in [-0.2, 0) is 0 Å². The van der Waals surface area contributed by atoms with Gasteiger partial charge in [0.05, 0.1) is 28.4 Å². The lowest BCUT2D eigenvalue weighted by Crippen LogP contribution is -2.01. The maximum Gasteiger partial charge on any atom is 0.337 e. The molecule has 20 heavy (non-hydrogen) atoms. The molecule has 0 spiro atoms. The minimum atomic E-state index is -1.09. The van der Waals surface area contributed by atoms with Crippen molar-refractivity contribution in [3.63, 3.8) is 0 Å². The Morgan fingerprint density at radius 1 is 1.30 bits per heavy atom. The summed E-state index contributed by atoms with van der Waals surface area (Å²) in [6, 6.07) is 6.39. The number of hydrogen-bond acceptors (Lipinski definition) is 4. The minimum Gasteiger partial charge on any atom is -0.497 e. The van der Waals surface area contributed by atoms with Crippen LogP contribution in [0.1, 0.15) is 10.4 Å². The van der Waals surface area contributed by atoms with E-state index in [1.807, 2.05) is 0 Å². The maximum absolute atomic E-state index is 10.8. The molecule has 0 unspecified atom stereocenters. The Hall–Kier alpha value is -1.98. The van der Waals surface area contributed by atoms with Crippen LogP contribution in [0.2, 0.25) is 10.0 Å². The number of aromatic nitrogens is 1. The largest absolute Gasteiger partial charge is 0.497 e. The fourth-order valence-corrected chi connectivity index (χ4v) is 1.88. The van der Waals surface area contributed by atoms with E-state index >= 15 is 0 Å². The fraction of sp³-hybridized carbons (Fsp3) is 0.0769. The number of anilines is 2. The van der Waals surface area contributed by atoms with Crippen LogP contribution in [0, 0.1) is 0 Å². The zero-order valence-corrected chi connectivity index (χ0v) is 11.9. The number of aromatic carboxylic acids is 1. The van der Waals surface area contributed by atoms with E-state index in [2.05, 4.69) is 10.3 Å². The fourth-order valence-electron chi connectivity index (χ4n) is 1.50. The number of carboxylic acid groups (broad SMARTS) is 1. The molecule has 2 aromatic rings. The zero-order valence-electron chi connectivity index (χ0n) is 10.4. The van der Waals surface area contributed by atoms with E-state index in [1.165, 1.54) is 12.3 Å². The summed E-state index contributed by atoms with van der Waals surface area (Å²) < 4.78 is 5.10. The molecule has 2 rings (SSSR count). The molecule has 2 N–H and O–H groups in total. The molecular formula is C13H10Cl2N2O3. The molecule has 1 aromatic carbocycles. The van der Waals surface area contributed by atoms with Crippen LogP contribution >= 0.6 is 23.2 Å². The summed E-state index contributed by atoms with van der Waals surface area (Å²) in [4.78, 5) is 14.8. The van der Waals surface area contributed by atoms with Gasteiger partial charge in [0.15, 0.2) is 0 Å². The number of carbonyl (C=O) groups is 1. The van der Waals surface area contributed by atoms with Crippen LogP contribution in [0.3, 0.4) is 0 Å². The van der Waals surface area contributed by atoms with E-state index in [0.717, 1.165) is 0 Å². The smallest absolute Gasteiger partial charge is 0.337 e. The first-order chi connectivity index (χ1) is 9.51. The molecule has 0 amide bonds. The molecule has 0 bridgehead atoms. The van der Waals surface area contributed by atoms with Gasteiger partial charge < -0.3 is 15.2 Å². The van der Waals surface area contributed by atoms with Crippen LogP contribution in [0.5, 0.6) is 5.75 Å². The minimum absolute atomic E-state index is 0.0114. The van der Waals surface area contributed by atoms with Crippen molar-refractivity contribution in [2.24, 2.45) is 0 Å². The molecular weight excluding hydrogens is 303 g/mol. The van der Waals surface area contributed by atoms with Crippen LogP contribution in [0.25, 0.3) is 0 Å². The van der Waals surface area contributed by atoms with E-state index in [-0.39, 0.29) is 10.6 Å². The van der Waals surface area contributed by atoms with Crippen LogP contribution < -0.4 is 10.1 Å². The number of halogens is 2. The number of nitrogens with one attached hydrogen (secondary N) is 1. The Kier molecular flexibility index (Phi) is 4.32. The SMILES string of the molecule is COc1ccc(Cl)c(Nc2ncc(C(=O)O)cc2Cl)c1. The monoisotopic (exact) mass is 312 g/mol. The van der Waals surface area contributed by atoms with E-state index < -0.39 is 5.97 Å². The number of rotatable bonds is 4. The highest BCUT2D eigenvalue weighted by atomic mass is 35.5. The van der Waals surface area contributed by atoms with Crippen molar-refractivity contribution in [2.45, 2.75) is 0 Å². The van der Waals surface area contributed by atoms with Gasteiger partial charge in [-0.1, -0.05) is 23.2 Å². The summed E-state index contributed by atoms with van der Waals surface area (Å²) in [5.74, 6) is -0.160. The first kappa shape index (κ1) is 14.4. The molecule has 0 aliphatic rings. The van der Waals surface area contributed by atoms with Gasteiger partial charge in [0.2, 0.25) is 0 Å². The Morgan fingerprint density at radius 3 is 2.65 bits per heavy atom. The Bertz CT molecular complexity index is 662. The Labute approximate surface area is 125 Å². The molecule has 1 heterocycles. The molecule has 104 valence electrons. The molecule has 0 fully saturated rings. The van der Waals surface area contributed by atoms with Gasteiger partial charge in [-0.05, 0) is 18.2 Å². The highest BCUT2D eigenvalue weighted by Gasteiger charge is 2.10. The van der Waals surface area contributed by atoms with Gasteiger partial charge in [-0.15, -0.1) is 0 Å². The summed E-state index contributed by atoms with van der Waals surface area (Å²) in [5.41, 5.74) is 0.570. The highest BCUT2D eigenvalue weighted by Crippen LogP contribution is 2.31. The molecule has 5 nitrogen and oxygen atoms in total. The van der Waals surface area contributed by atoms with Crippen LogP contribution in [-0.4, -0.2) is 23.2 Å². The third-order valence-corrected chi connectivity index (χ3v) is 3.13. The van der Waals surface area contributed by atoms with Gasteiger partial charge in [0.25, 0.3) is 0 Å². The molecule has 0 aliphatic carbocycles.